The molecule has 1 aromatic heterocycles. The maximum atomic E-state index is 12.1. The molecule has 120 valence electrons. The fraction of sp³-hybridized carbons (Fsp3) is 0.444. The molecule has 2 aliphatic rings. The van der Waals surface area contributed by atoms with Crippen LogP contribution in [0.25, 0.3) is 0 Å². The summed E-state index contributed by atoms with van der Waals surface area (Å²) in [5.74, 6) is 0.931. The number of benzene rings is 1. The van der Waals surface area contributed by atoms with Crippen LogP contribution in [0, 0.1) is 5.92 Å². The van der Waals surface area contributed by atoms with Gasteiger partial charge in [0.2, 0.25) is 0 Å². The lowest BCUT2D eigenvalue weighted by Gasteiger charge is -2.43. The van der Waals surface area contributed by atoms with Crippen LogP contribution < -0.4 is 4.74 Å². The summed E-state index contributed by atoms with van der Waals surface area (Å²) in [6.07, 6.45) is 8.10. The lowest BCUT2D eigenvalue weighted by molar-refractivity contribution is 0.0436. The summed E-state index contributed by atoms with van der Waals surface area (Å²) in [4.78, 5) is 16.3. The van der Waals surface area contributed by atoms with E-state index >= 15 is 0 Å². The highest BCUT2D eigenvalue weighted by Crippen LogP contribution is 2.46. The molecule has 0 spiro atoms. The van der Waals surface area contributed by atoms with Crippen molar-refractivity contribution in [3.8, 4) is 5.75 Å². The molecule has 0 saturated heterocycles. The van der Waals surface area contributed by atoms with Gasteiger partial charge in [-0.25, -0.2) is 9.78 Å². The Morgan fingerprint density at radius 2 is 2.13 bits per heavy atom. The fourth-order valence-corrected chi connectivity index (χ4v) is 4.00. The number of esters is 1. The second-order valence-corrected chi connectivity index (χ2v) is 6.27. The Hall–Kier alpha value is -2.30. The molecular weight excluding hydrogens is 292 g/mol. The zero-order valence-electron chi connectivity index (χ0n) is 13.1. The highest BCUT2D eigenvalue weighted by Gasteiger charge is 2.41. The van der Waals surface area contributed by atoms with Crippen LogP contribution in [0.2, 0.25) is 0 Å². The minimum absolute atomic E-state index is 0.0712. The van der Waals surface area contributed by atoms with Gasteiger partial charge in [0.25, 0.3) is 0 Å². The molecule has 4 rings (SSSR count). The number of fused-ring (bicyclic) bond motifs is 2. The Morgan fingerprint density at radius 3 is 3.00 bits per heavy atom. The first-order valence-corrected chi connectivity index (χ1v) is 8.15. The number of hydrogen-bond acceptors (Lipinski definition) is 4. The molecule has 2 aromatic rings. The van der Waals surface area contributed by atoms with Gasteiger partial charge in [0.1, 0.15) is 17.5 Å². The van der Waals surface area contributed by atoms with Crippen molar-refractivity contribution in [2.45, 2.75) is 37.8 Å². The highest BCUT2D eigenvalue weighted by molar-refractivity contribution is 5.87. The molecule has 1 aliphatic heterocycles. The second-order valence-electron chi connectivity index (χ2n) is 6.27. The van der Waals surface area contributed by atoms with Crippen LogP contribution in [0.1, 0.15) is 47.8 Å². The van der Waals surface area contributed by atoms with Gasteiger partial charge < -0.3 is 14.0 Å². The van der Waals surface area contributed by atoms with Crippen LogP contribution in [0.5, 0.6) is 5.75 Å². The predicted octanol–water partition coefficient (Wildman–Crippen LogP) is 3.21. The third-order valence-corrected chi connectivity index (χ3v) is 5.04. The van der Waals surface area contributed by atoms with Gasteiger partial charge in [-0.05, 0) is 25.3 Å². The zero-order valence-corrected chi connectivity index (χ0v) is 13.1. The van der Waals surface area contributed by atoms with E-state index in [1.807, 2.05) is 22.8 Å². The Kier molecular flexibility index (Phi) is 3.56. The Bertz CT molecular complexity index is 725. The first-order chi connectivity index (χ1) is 11.3. The number of hydrogen-bond donors (Lipinski definition) is 0. The molecule has 1 saturated carbocycles. The van der Waals surface area contributed by atoms with E-state index in [1.165, 1.54) is 20.0 Å². The van der Waals surface area contributed by atoms with Gasteiger partial charge >= 0.3 is 5.97 Å². The van der Waals surface area contributed by atoms with Gasteiger partial charge in [-0.1, -0.05) is 24.6 Å². The summed E-state index contributed by atoms with van der Waals surface area (Å²) in [5.41, 5.74) is 1.62. The van der Waals surface area contributed by atoms with Crippen molar-refractivity contribution < 1.29 is 14.3 Å². The standard InChI is InChI=1S/C18H20N2O3/c1-22-18(21)14-10-19-11-20(14)17-12-6-2-4-8-15(12)23-16-9-5-3-7-13(16)17/h2,4,6,8,10-11,13,16-17H,3,5,7,9H2,1H3/t13?,16-,17?/m1/s1. The lowest BCUT2D eigenvalue weighted by atomic mass is 9.76. The van der Waals surface area contributed by atoms with Gasteiger partial charge in [-0.2, -0.15) is 0 Å². The molecule has 5 nitrogen and oxygen atoms in total. The molecule has 1 aliphatic carbocycles. The molecule has 5 heteroatoms. The quantitative estimate of drug-likeness (QED) is 0.799. The number of rotatable bonds is 2. The van der Waals surface area contributed by atoms with E-state index in [0.717, 1.165) is 24.2 Å². The smallest absolute Gasteiger partial charge is 0.356 e. The zero-order chi connectivity index (χ0) is 15.8. The van der Waals surface area contributed by atoms with Gasteiger partial charge in [-0.3, -0.25) is 0 Å². The molecule has 0 amide bonds. The number of methoxy groups -OCH3 is 1. The molecule has 3 atom stereocenters. The topological polar surface area (TPSA) is 53.3 Å². The molecule has 23 heavy (non-hydrogen) atoms. The van der Waals surface area contributed by atoms with Crippen molar-refractivity contribution in [2.75, 3.05) is 7.11 Å². The van der Waals surface area contributed by atoms with E-state index in [9.17, 15) is 4.79 Å². The second kappa shape index (κ2) is 5.72. The fourth-order valence-electron chi connectivity index (χ4n) is 4.00. The minimum atomic E-state index is -0.348. The van der Waals surface area contributed by atoms with Crippen molar-refractivity contribution >= 4 is 5.97 Å². The minimum Gasteiger partial charge on any atom is -0.490 e. The summed E-state index contributed by atoms with van der Waals surface area (Å²) in [5, 5.41) is 0. The molecule has 0 bridgehead atoms. The van der Waals surface area contributed by atoms with Crippen molar-refractivity contribution in [3.63, 3.8) is 0 Å². The summed E-state index contributed by atoms with van der Waals surface area (Å²) in [6, 6.07) is 8.19. The Balaban J connectivity index is 1.84. The number of carbonyl (C=O) groups excluding carboxylic acids is 1. The number of para-hydroxylation sites is 1. The first kappa shape index (κ1) is 14.3. The average molecular weight is 312 g/mol. The summed E-state index contributed by atoms with van der Waals surface area (Å²) < 4.78 is 13.1. The molecule has 0 radical (unpaired) electrons. The number of nitrogens with zero attached hydrogens (tertiary/aromatic N) is 2. The van der Waals surface area contributed by atoms with E-state index in [2.05, 4.69) is 11.1 Å². The molecule has 2 heterocycles. The average Bonchev–Trinajstić information content (AvgIpc) is 3.08. The third kappa shape index (κ3) is 2.31. The maximum Gasteiger partial charge on any atom is 0.356 e. The van der Waals surface area contributed by atoms with E-state index in [-0.39, 0.29) is 18.1 Å². The largest absolute Gasteiger partial charge is 0.490 e. The van der Waals surface area contributed by atoms with E-state index in [0.29, 0.717) is 11.6 Å². The number of carbonyl (C=O) groups is 1. The molecule has 0 N–H and O–H groups in total. The van der Waals surface area contributed by atoms with E-state index in [4.69, 9.17) is 9.47 Å². The van der Waals surface area contributed by atoms with Crippen LogP contribution in [-0.4, -0.2) is 28.7 Å². The Morgan fingerprint density at radius 1 is 1.30 bits per heavy atom. The summed E-state index contributed by atoms with van der Waals surface area (Å²) in [6.45, 7) is 0. The van der Waals surface area contributed by atoms with Crippen LogP contribution in [0.3, 0.4) is 0 Å². The van der Waals surface area contributed by atoms with Gasteiger partial charge in [-0.15, -0.1) is 0 Å². The number of ether oxygens (including phenoxy) is 2. The van der Waals surface area contributed by atoms with Gasteiger partial charge in [0, 0.05) is 11.5 Å². The normalized spacial score (nSPS) is 25.9. The van der Waals surface area contributed by atoms with Crippen LogP contribution in [-0.2, 0) is 4.74 Å². The maximum absolute atomic E-state index is 12.1. The van der Waals surface area contributed by atoms with E-state index in [1.54, 1.807) is 12.5 Å². The molecule has 1 aromatic carbocycles. The van der Waals surface area contributed by atoms with E-state index < -0.39 is 0 Å². The van der Waals surface area contributed by atoms with Gasteiger partial charge in [0.05, 0.1) is 25.7 Å². The number of imidazole rings is 1. The van der Waals surface area contributed by atoms with Gasteiger partial charge in [0.15, 0.2) is 0 Å². The van der Waals surface area contributed by atoms with Crippen molar-refractivity contribution in [3.05, 3.63) is 48.0 Å². The Labute approximate surface area is 135 Å². The predicted molar refractivity (Wildman–Crippen MR) is 84.5 cm³/mol. The van der Waals surface area contributed by atoms with Crippen LogP contribution >= 0.6 is 0 Å². The molecule has 1 fully saturated rings. The third-order valence-electron chi connectivity index (χ3n) is 5.04. The number of aromatic nitrogens is 2. The first-order valence-electron chi connectivity index (χ1n) is 8.15. The SMILES string of the molecule is COC(=O)c1cncn1C1c2ccccc2O[C@@H]2CCCCC12. The van der Waals surface area contributed by atoms with Crippen LogP contribution in [0.4, 0.5) is 0 Å². The van der Waals surface area contributed by atoms with Crippen LogP contribution in [0.15, 0.2) is 36.8 Å². The molecule has 2 unspecified atom stereocenters. The molecular formula is C18H20N2O3. The summed E-state index contributed by atoms with van der Waals surface area (Å²) >= 11 is 0. The van der Waals surface area contributed by atoms with Crippen molar-refractivity contribution in [2.24, 2.45) is 5.92 Å². The van der Waals surface area contributed by atoms with Crippen molar-refractivity contribution in [1.82, 2.24) is 9.55 Å². The van der Waals surface area contributed by atoms with Crippen molar-refractivity contribution in [1.29, 1.82) is 0 Å². The highest BCUT2D eigenvalue weighted by atomic mass is 16.5. The summed E-state index contributed by atoms with van der Waals surface area (Å²) in [7, 11) is 1.40. The lowest BCUT2D eigenvalue weighted by Crippen LogP contribution is -2.41. The monoisotopic (exact) mass is 312 g/mol.